The lowest BCUT2D eigenvalue weighted by atomic mass is 10.2. The van der Waals surface area contributed by atoms with Crippen molar-refractivity contribution in [2.45, 2.75) is 19.0 Å². The van der Waals surface area contributed by atoms with Crippen LogP contribution in [-0.2, 0) is 11.3 Å². The summed E-state index contributed by atoms with van der Waals surface area (Å²) in [7, 11) is 3.89. The van der Waals surface area contributed by atoms with Gasteiger partial charge in [0, 0.05) is 50.2 Å². The number of hydrogen-bond donors (Lipinski definition) is 2. The zero-order valence-corrected chi connectivity index (χ0v) is 21.7. The smallest absolute Gasteiger partial charge is 0.254 e. The predicted molar refractivity (Wildman–Crippen MR) is 148 cm³/mol. The van der Waals surface area contributed by atoms with E-state index in [-0.39, 0.29) is 29.2 Å². The maximum atomic E-state index is 12.7. The van der Waals surface area contributed by atoms with Crippen LogP contribution in [0.1, 0.15) is 17.5 Å². The topological polar surface area (TPSA) is 132 Å². The highest BCUT2D eigenvalue weighted by Crippen LogP contribution is 2.28. The molecular weight excluding hydrogens is 482 g/mol. The summed E-state index contributed by atoms with van der Waals surface area (Å²) < 4.78 is 7.61. The number of carbonyl (C=O) groups excluding carboxylic acids is 1. The standard InChI is InChI=1S/C28H33N7O3/c1-33(2)14-6-9-24(36)35-15-11-21(19-35)32-28(30)26-23(10-13-31-27(26)29)38-22-12-16-34(25(37)17-22)18-20-7-4-3-5-8-20/h3-10,12-13,16-17,21H,11,14-15,18-19H2,1-2H3,(H2,29,31)(H2,30,32)/b9-6+. The van der Waals surface area contributed by atoms with E-state index in [4.69, 9.17) is 16.2 Å². The Labute approximate surface area is 221 Å². The fourth-order valence-electron chi connectivity index (χ4n) is 4.17. The Hall–Kier alpha value is -4.44. The van der Waals surface area contributed by atoms with Gasteiger partial charge in [0.25, 0.3) is 5.56 Å². The number of hydrogen-bond acceptors (Lipinski definition) is 7. The van der Waals surface area contributed by atoms with Crippen LogP contribution in [0.25, 0.3) is 0 Å². The predicted octanol–water partition coefficient (Wildman–Crippen LogP) is 2.09. The number of nitrogen functional groups attached to an aromatic ring is 1. The molecule has 3 heterocycles. The fraction of sp³-hybridized carbons (Fsp3) is 0.286. The number of pyridine rings is 2. The molecule has 0 radical (unpaired) electrons. The second-order valence-electron chi connectivity index (χ2n) is 9.39. The van der Waals surface area contributed by atoms with Crippen molar-refractivity contribution in [2.75, 3.05) is 39.5 Å². The van der Waals surface area contributed by atoms with Gasteiger partial charge in [0.15, 0.2) is 0 Å². The Kier molecular flexibility index (Phi) is 8.55. The zero-order valence-electron chi connectivity index (χ0n) is 21.7. The lowest BCUT2D eigenvalue weighted by Gasteiger charge is -2.15. The van der Waals surface area contributed by atoms with E-state index in [2.05, 4.69) is 9.98 Å². The SMILES string of the molecule is CN(C)C/C=C/C(=O)N1CCC(N=C(N)c2c(Oc3ccn(Cc4ccccc4)c(=O)c3)ccnc2N)C1. The first-order valence-electron chi connectivity index (χ1n) is 12.4. The van der Waals surface area contributed by atoms with Crippen molar-refractivity contribution < 1.29 is 9.53 Å². The van der Waals surface area contributed by atoms with Gasteiger partial charge in [-0.25, -0.2) is 4.98 Å². The number of amides is 1. The molecule has 1 aliphatic rings. The molecule has 38 heavy (non-hydrogen) atoms. The summed E-state index contributed by atoms with van der Waals surface area (Å²) in [6.45, 7) is 2.21. The summed E-state index contributed by atoms with van der Waals surface area (Å²) in [6, 6.07) is 14.3. The van der Waals surface area contributed by atoms with Crippen molar-refractivity contribution in [2.24, 2.45) is 10.7 Å². The maximum Gasteiger partial charge on any atom is 0.254 e. The molecule has 4 rings (SSSR count). The summed E-state index contributed by atoms with van der Waals surface area (Å²) in [4.78, 5) is 37.7. The number of aromatic nitrogens is 2. The Bertz CT molecular complexity index is 1380. The molecule has 4 N–H and O–H groups in total. The van der Waals surface area contributed by atoms with Crippen LogP contribution in [0.4, 0.5) is 5.82 Å². The number of ether oxygens (including phenoxy) is 1. The normalized spacial score (nSPS) is 15.9. The molecule has 0 spiro atoms. The molecule has 10 nitrogen and oxygen atoms in total. The molecular formula is C28H33N7O3. The van der Waals surface area contributed by atoms with E-state index < -0.39 is 0 Å². The van der Waals surface area contributed by atoms with Crippen LogP contribution < -0.4 is 21.8 Å². The summed E-state index contributed by atoms with van der Waals surface area (Å²) in [5.41, 5.74) is 13.7. The van der Waals surface area contributed by atoms with Gasteiger partial charge >= 0.3 is 0 Å². The first kappa shape index (κ1) is 26.6. The van der Waals surface area contributed by atoms with Gasteiger partial charge in [-0.3, -0.25) is 14.6 Å². The molecule has 0 saturated carbocycles. The second kappa shape index (κ2) is 12.2. The van der Waals surface area contributed by atoms with Gasteiger partial charge in [-0.15, -0.1) is 0 Å². The van der Waals surface area contributed by atoms with Crippen molar-refractivity contribution in [1.29, 1.82) is 0 Å². The minimum atomic E-state index is -0.202. The van der Waals surface area contributed by atoms with Gasteiger partial charge in [0.1, 0.15) is 28.7 Å². The number of carbonyl (C=O) groups is 1. The molecule has 198 valence electrons. The number of nitrogens with zero attached hydrogens (tertiary/aromatic N) is 5. The average Bonchev–Trinajstić information content (AvgIpc) is 3.34. The molecule has 0 bridgehead atoms. The molecule has 10 heteroatoms. The number of aliphatic imine (C=N–C) groups is 1. The zero-order chi connectivity index (χ0) is 27.1. The van der Waals surface area contributed by atoms with Crippen LogP contribution in [0, 0.1) is 0 Å². The van der Waals surface area contributed by atoms with E-state index in [0.29, 0.717) is 49.7 Å². The van der Waals surface area contributed by atoms with Crippen molar-refractivity contribution in [3.8, 4) is 11.5 Å². The van der Waals surface area contributed by atoms with Crippen LogP contribution in [-0.4, -0.2) is 70.9 Å². The first-order valence-corrected chi connectivity index (χ1v) is 12.4. The molecule has 1 saturated heterocycles. The highest BCUT2D eigenvalue weighted by atomic mass is 16.5. The second-order valence-corrected chi connectivity index (χ2v) is 9.39. The number of anilines is 1. The number of likely N-dealkylation sites (N-methyl/N-ethyl adjacent to an activating group) is 1. The number of amidine groups is 1. The summed E-state index contributed by atoms with van der Waals surface area (Å²) >= 11 is 0. The van der Waals surface area contributed by atoms with Gasteiger partial charge in [-0.2, -0.15) is 0 Å². The van der Waals surface area contributed by atoms with E-state index >= 15 is 0 Å². The van der Waals surface area contributed by atoms with Crippen molar-refractivity contribution in [3.05, 3.63) is 94.6 Å². The van der Waals surface area contributed by atoms with Crippen molar-refractivity contribution >= 4 is 17.6 Å². The highest BCUT2D eigenvalue weighted by Gasteiger charge is 2.26. The third-order valence-electron chi connectivity index (χ3n) is 6.12. The lowest BCUT2D eigenvalue weighted by molar-refractivity contribution is -0.125. The van der Waals surface area contributed by atoms with E-state index in [1.54, 1.807) is 33.9 Å². The third kappa shape index (κ3) is 6.86. The number of rotatable bonds is 9. The first-order chi connectivity index (χ1) is 18.3. The summed E-state index contributed by atoms with van der Waals surface area (Å²) in [5.74, 6) is 0.983. The Morgan fingerprint density at radius 3 is 2.76 bits per heavy atom. The maximum absolute atomic E-state index is 12.7. The molecule has 3 aromatic rings. The Morgan fingerprint density at radius 1 is 1.24 bits per heavy atom. The molecule has 2 aromatic heterocycles. The van der Waals surface area contributed by atoms with Gasteiger partial charge in [-0.1, -0.05) is 36.4 Å². The van der Waals surface area contributed by atoms with Crippen molar-refractivity contribution in [3.63, 3.8) is 0 Å². The lowest BCUT2D eigenvalue weighted by Crippen LogP contribution is -2.28. The molecule has 0 aliphatic carbocycles. The number of likely N-dealkylation sites (tertiary alicyclic amines) is 1. The third-order valence-corrected chi connectivity index (χ3v) is 6.12. The van der Waals surface area contributed by atoms with Crippen LogP contribution in [0.5, 0.6) is 11.5 Å². The fourth-order valence-corrected chi connectivity index (χ4v) is 4.17. The van der Waals surface area contributed by atoms with Gasteiger partial charge < -0.3 is 30.6 Å². The molecule has 1 atom stereocenters. The quantitative estimate of drug-likeness (QED) is 0.253. The molecule has 1 unspecified atom stereocenters. The summed E-state index contributed by atoms with van der Waals surface area (Å²) in [5, 5.41) is 0. The number of nitrogens with two attached hydrogens (primary N) is 2. The van der Waals surface area contributed by atoms with Crippen LogP contribution in [0.15, 0.2) is 82.9 Å². The van der Waals surface area contributed by atoms with Gasteiger partial charge in [0.05, 0.1) is 12.6 Å². The van der Waals surface area contributed by atoms with Crippen LogP contribution in [0.3, 0.4) is 0 Å². The molecule has 1 amide bonds. The minimum absolute atomic E-state index is 0.0463. The van der Waals surface area contributed by atoms with Crippen molar-refractivity contribution in [1.82, 2.24) is 19.4 Å². The van der Waals surface area contributed by atoms with E-state index in [0.717, 1.165) is 5.56 Å². The largest absolute Gasteiger partial charge is 0.456 e. The highest BCUT2D eigenvalue weighted by molar-refractivity contribution is 6.04. The monoisotopic (exact) mass is 515 g/mol. The van der Waals surface area contributed by atoms with Crippen LogP contribution in [0.2, 0.25) is 0 Å². The van der Waals surface area contributed by atoms with E-state index in [1.807, 2.05) is 55.4 Å². The average molecular weight is 516 g/mol. The van der Waals surface area contributed by atoms with E-state index in [9.17, 15) is 9.59 Å². The Morgan fingerprint density at radius 2 is 2.03 bits per heavy atom. The Balaban J connectivity index is 1.47. The van der Waals surface area contributed by atoms with E-state index in [1.165, 1.54) is 12.3 Å². The van der Waals surface area contributed by atoms with Crippen LogP contribution >= 0.6 is 0 Å². The molecule has 1 aromatic carbocycles. The van der Waals surface area contributed by atoms with Gasteiger partial charge in [-0.05, 0) is 32.1 Å². The molecule has 1 fully saturated rings. The molecule has 1 aliphatic heterocycles. The summed E-state index contributed by atoms with van der Waals surface area (Å²) in [6.07, 6.45) is 7.31. The van der Waals surface area contributed by atoms with Gasteiger partial charge in [0.2, 0.25) is 5.91 Å². The number of benzene rings is 1. The minimum Gasteiger partial charge on any atom is -0.456 e.